The van der Waals surface area contributed by atoms with Crippen molar-refractivity contribution in [2.24, 2.45) is 0 Å². The molecule has 0 aromatic carbocycles. The Labute approximate surface area is 132 Å². The van der Waals surface area contributed by atoms with Crippen LogP contribution in [0.5, 0.6) is 0 Å². The Balaban J connectivity index is -0.000000208. The minimum atomic E-state index is -4.67. The number of unbranched alkanes of at least 4 members (excludes halogenated alkanes) is 1. The number of esters is 1. The van der Waals surface area contributed by atoms with Crippen LogP contribution in [0.4, 0.5) is 0 Å². The molecule has 8 heteroatoms. The Morgan fingerprint density at radius 3 is 2.13 bits per heavy atom. The van der Waals surface area contributed by atoms with Crippen LogP contribution in [-0.2, 0) is 19.9 Å². The van der Waals surface area contributed by atoms with E-state index in [4.69, 9.17) is 17.5 Å². The molecule has 0 fully saturated rings. The molecule has 0 aliphatic carbocycles. The zero-order valence-corrected chi connectivity index (χ0v) is 8.66. The van der Waals surface area contributed by atoms with Crippen LogP contribution in [0, 0.1) is 0 Å². The van der Waals surface area contributed by atoms with Gasteiger partial charge < -0.3 is 4.74 Å². The molecule has 0 saturated carbocycles. The molecule has 0 aliphatic rings. The van der Waals surface area contributed by atoms with Gasteiger partial charge >= 0.3 is 67.8 Å². The molecule has 0 heterocycles. The molecular weight excluding hydrogens is 251 g/mol. The maximum absolute atomic E-state index is 10.3. The Morgan fingerprint density at radius 2 is 1.87 bits per heavy atom. The summed E-state index contributed by atoms with van der Waals surface area (Å²) in [6.07, 6.45) is 3.15. The van der Waals surface area contributed by atoms with Gasteiger partial charge in [0.1, 0.15) is 0 Å². The SMILES string of the molecule is C=CC(=O)OCCCC.O=S(=O)(O)O.[KH]. The molecule has 0 atom stereocenters. The van der Waals surface area contributed by atoms with Crippen molar-refractivity contribution in [1.29, 1.82) is 0 Å². The first-order valence-electron chi connectivity index (χ1n) is 3.80. The molecule has 0 bridgehead atoms. The first kappa shape index (κ1) is 21.0. The molecule has 0 spiro atoms. The number of hydrogen-bond acceptors (Lipinski definition) is 4. The third-order valence-corrected chi connectivity index (χ3v) is 0.909. The van der Waals surface area contributed by atoms with Crippen LogP contribution >= 0.6 is 0 Å². The van der Waals surface area contributed by atoms with Crippen molar-refractivity contribution >= 4 is 67.8 Å². The van der Waals surface area contributed by atoms with E-state index < -0.39 is 10.4 Å². The second kappa shape index (κ2) is 12.8. The van der Waals surface area contributed by atoms with Crippen molar-refractivity contribution in [3.63, 3.8) is 0 Å². The summed E-state index contributed by atoms with van der Waals surface area (Å²) in [6.45, 7) is 5.82. The average Bonchev–Trinajstić information content (AvgIpc) is 2.01. The Morgan fingerprint density at radius 1 is 1.47 bits per heavy atom. The normalized spacial score (nSPS) is 9.00. The van der Waals surface area contributed by atoms with Crippen LogP contribution in [0.3, 0.4) is 0 Å². The summed E-state index contributed by atoms with van der Waals surface area (Å²) in [5, 5.41) is 0. The summed E-state index contributed by atoms with van der Waals surface area (Å²) in [4.78, 5) is 10.3. The van der Waals surface area contributed by atoms with E-state index in [0.717, 1.165) is 12.8 Å². The van der Waals surface area contributed by atoms with Gasteiger partial charge in [0, 0.05) is 6.08 Å². The zero-order chi connectivity index (χ0) is 11.6. The summed E-state index contributed by atoms with van der Waals surface area (Å²) in [6, 6.07) is 0. The Kier molecular flexibility index (Phi) is 17.9. The van der Waals surface area contributed by atoms with Gasteiger partial charge in [0.25, 0.3) is 0 Å². The van der Waals surface area contributed by atoms with Crippen molar-refractivity contribution in [2.75, 3.05) is 6.61 Å². The van der Waals surface area contributed by atoms with Crippen molar-refractivity contribution in [2.45, 2.75) is 19.8 Å². The molecule has 0 unspecified atom stereocenters. The van der Waals surface area contributed by atoms with Crippen molar-refractivity contribution in [1.82, 2.24) is 0 Å². The summed E-state index contributed by atoms with van der Waals surface area (Å²) >= 11 is 0. The number of hydrogen-bond donors (Lipinski definition) is 2. The van der Waals surface area contributed by atoms with Gasteiger partial charge in [-0.1, -0.05) is 19.9 Å². The Hall–Kier alpha value is 0.716. The molecule has 0 saturated heterocycles. The van der Waals surface area contributed by atoms with Crippen molar-refractivity contribution in [3.05, 3.63) is 12.7 Å². The predicted molar refractivity (Wildman–Crippen MR) is 57.4 cm³/mol. The molecular formula is C7H15KO6S. The fourth-order valence-electron chi connectivity index (χ4n) is 0.376. The summed E-state index contributed by atoms with van der Waals surface area (Å²) in [5.41, 5.74) is 0. The zero-order valence-electron chi connectivity index (χ0n) is 7.84. The van der Waals surface area contributed by atoms with E-state index >= 15 is 0 Å². The fourth-order valence-corrected chi connectivity index (χ4v) is 0.376. The number of carbonyl (C=O) groups is 1. The average molecular weight is 266 g/mol. The molecule has 2 N–H and O–H groups in total. The molecule has 0 aromatic heterocycles. The van der Waals surface area contributed by atoms with E-state index in [1.165, 1.54) is 6.08 Å². The fraction of sp³-hybridized carbons (Fsp3) is 0.571. The van der Waals surface area contributed by atoms with Gasteiger partial charge in [0.15, 0.2) is 0 Å². The Bertz CT molecular complexity index is 253. The van der Waals surface area contributed by atoms with Crippen LogP contribution in [0.15, 0.2) is 12.7 Å². The van der Waals surface area contributed by atoms with Crippen LogP contribution in [0.25, 0.3) is 0 Å². The van der Waals surface area contributed by atoms with Gasteiger partial charge in [-0.2, -0.15) is 8.42 Å². The second-order valence-electron chi connectivity index (χ2n) is 2.17. The summed E-state index contributed by atoms with van der Waals surface area (Å²) < 4.78 is 36.3. The predicted octanol–water partition coefficient (Wildman–Crippen LogP) is 0.214. The van der Waals surface area contributed by atoms with Crippen LogP contribution in [-0.4, -0.2) is 81.5 Å². The molecule has 6 nitrogen and oxygen atoms in total. The monoisotopic (exact) mass is 266 g/mol. The number of rotatable bonds is 4. The standard InChI is InChI=1S/C7H12O2.K.H2O4S.H/c1-3-5-6-9-7(8)4-2;;1-5(2,3)4;/h4H,2-3,5-6H2,1H3;;(H2,1,2,3,4);. The molecule has 0 radical (unpaired) electrons. The first-order valence-corrected chi connectivity index (χ1v) is 5.20. The van der Waals surface area contributed by atoms with E-state index in [1.54, 1.807) is 0 Å². The van der Waals surface area contributed by atoms with Crippen molar-refractivity contribution < 1.29 is 27.1 Å². The van der Waals surface area contributed by atoms with E-state index in [0.29, 0.717) is 6.61 Å². The van der Waals surface area contributed by atoms with Gasteiger partial charge in [-0.05, 0) is 6.42 Å². The quantitative estimate of drug-likeness (QED) is 0.248. The molecule has 86 valence electrons. The first-order chi connectivity index (χ1) is 6.31. The van der Waals surface area contributed by atoms with Gasteiger partial charge in [0.05, 0.1) is 6.61 Å². The number of ether oxygens (including phenoxy) is 1. The summed E-state index contributed by atoms with van der Waals surface area (Å²) in [7, 11) is -4.67. The van der Waals surface area contributed by atoms with Gasteiger partial charge in [-0.25, -0.2) is 4.79 Å². The molecule has 0 aliphatic heterocycles. The van der Waals surface area contributed by atoms with Crippen LogP contribution in [0.2, 0.25) is 0 Å². The molecule has 15 heavy (non-hydrogen) atoms. The van der Waals surface area contributed by atoms with E-state index in [-0.39, 0.29) is 57.4 Å². The topological polar surface area (TPSA) is 101 Å². The van der Waals surface area contributed by atoms with E-state index in [2.05, 4.69) is 11.3 Å². The van der Waals surface area contributed by atoms with Gasteiger partial charge in [0.2, 0.25) is 0 Å². The van der Waals surface area contributed by atoms with Gasteiger partial charge in [-0.3, -0.25) is 9.11 Å². The van der Waals surface area contributed by atoms with Crippen LogP contribution < -0.4 is 0 Å². The summed E-state index contributed by atoms with van der Waals surface area (Å²) in [5.74, 6) is -0.330. The van der Waals surface area contributed by atoms with E-state index in [9.17, 15) is 4.79 Å². The number of carbonyl (C=O) groups excluding carboxylic acids is 1. The second-order valence-corrected chi connectivity index (χ2v) is 3.07. The third kappa shape index (κ3) is 40.0. The van der Waals surface area contributed by atoms with E-state index in [1.807, 2.05) is 6.92 Å². The molecule has 0 rings (SSSR count). The van der Waals surface area contributed by atoms with Gasteiger partial charge in [-0.15, -0.1) is 0 Å². The van der Waals surface area contributed by atoms with Crippen molar-refractivity contribution in [3.8, 4) is 0 Å². The molecule has 0 amide bonds. The van der Waals surface area contributed by atoms with Crippen LogP contribution in [0.1, 0.15) is 19.8 Å². The minimum absolute atomic E-state index is 0. The maximum atomic E-state index is 10.3. The molecule has 0 aromatic rings. The third-order valence-electron chi connectivity index (χ3n) is 0.909.